The first-order valence-electron chi connectivity index (χ1n) is 4.67. The zero-order valence-electron chi connectivity index (χ0n) is 8.94. The first kappa shape index (κ1) is 11.8. The van der Waals surface area contributed by atoms with Crippen LogP contribution in [0.5, 0.6) is 0 Å². The Bertz CT molecular complexity index is 207. The molecule has 84 valence electrons. The highest BCUT2D eigenvalue weighted by atomic mass is 19.4. The molecule has 0 aromatic heterocycles. The van der Waals surface area contributed by atoms with E-state index in [1.54, 1.807) is 0 Å². The topological polar surface area (TPSA) is 15.3 Å². The standard InChI is InChI=1S/C9H17F3N2/c1-8(2,3)6-5-13-14(4)7(6)9(10,11)12/h6-7,13H,5H2,1-4H3. The quantitative estimate of drug-likeness (QED) is 0.658. The molecule has 0 bridgehead atoms. The Morgan fingerprint density at radius 2 is 1.71 bits per heavy atom. The highest BCUT2D eigenvalue weighted by molar-refractivity contribution is 4.94. The Morgan fingerprint density at radius 3 is 2.00 bits per heavy atom. The van der Waals surface area contributed by atoms with Crippen LogP contribution in [0.4, 0.5) is 13.2 Å². The fraction of sp³-hybridized carbons (Fsp3) is 1.00. The average molecular weight is 210 g/mol. The second-order valence-electron chi connectivity index (χ2n) is 4.93. The van der Waals surface area contributed by atoms with Crippen molar-refractivity contribution in [1.82, 2.24) is 10.4 Å². The van der Waals surface area contributed by atoms with E-state index in [1.807, 2.05) is 20.8 Å². The summed E-state index contributed by atoms with van der Waals surface area (Å²) in [5.74, 6) is -0.396. The minimum atomic E-state index is -4.16. The van der Waals surface area contributed by atoms with E-state index < -0.39 is 18.1 Å². The molecule has 0 radical (unpaired) electrons. The second kappa shape index (κ2) is 3.38. The molecule has 0 spiro atoms. The number of nitrogens with zero attached hydrogens (tertiary/aromatic N) is 1. The maximum Gasteiger partial charge on any atom is 0.405 e. The Hall–Kier alpha value is -0.290. The van der Waals surface area contributed by atoms with Crippen molar-refractivity contribution in [2.75, 3.05) is 13.6 Å². The predicted octanol–water partition coefficient (Wildman–Crippen LogP) is 2.03. The van der Waals surface area contributed by atoms with Gasteiger partial charge in [0.15, 0.2) is 0 Å². The smallest absolute Gasteiger partial charge is 0.255 e. The van der Waals surface area contributed by atoms with Crippen LogP contribution in [-0.2, 0) is 0 Å². The molecule has 14 heavy (non-hydrogen) atoms. The Balaban J connectivity index is 2.88. The van der Waals surface area contributed by atoms with Gasteiger partial charge in [-0.2, -0.15) is 13.2 Å². The van der Waals surface area contributed by atoms with Crippen molar-refractivity contribution < 1.29 is 13.2 Å². The van der Waals surface area contributed by atoms with Gasteiger partial charge in [-0.05, 0) is 5.41 Å². The van der Waals surface area contributed by atoms with E-state index in [0.29, 0.717) is 6.54 Å². The summed E-state index contributed by atoms with van der Waals surface area (Å²) in [6.07, 6.45) is -4.16. The molecule has 2 nitrogen and oxygen atoms in total. The summed E-state index contributed by atoms with van der Waals surface area (Å²) in [5, 5.41) is 1.18. The van der Waals surface area contributed by atoms with Gasteiger partial charge in [0, 0.05) is 19.5 Å². The van der Waals surface area contributed by atoms with Gasteiger partial charge < -0.3 is 0 Å². The third-order valence-corrected chi connectivity index (χ3v) is 2.81. The van der Waals surface area contributed by atoms with Crippen molar-refractivity contribution in [2.24, 2.45) is 11.3 Å². The molecule has 1 aliphatic heterocycles. The van der Waals surface area contributed by atoms with Crippen LogP contribution in [0, 0.1) is 11.3 Å². The molecule has 0 aliphatic carbocycles. The summed E-state index contributed by atoms with van der Waals surface area (Å²) < 4.78 is 38.1. The zero-order chi connectivity index (χ0) is 11.1. The Labute approximate surface area is 82.4 Å². The van der Waals surface area contributed by atoms with Crippen molar-refractivity contribution in [1.29, 1.82) is 0 Å². The van der Waals surface area contributed by atoms with Crippen molar-refractivity contribution in [2.45, 2.75) is 33.0 Å². The molecule has 1 heterocycles. The average Bonchev–Trinajstić information content (AvgIpc) is 2.27. The van der Waals surface area contributed by atoms with Crippen LogP contribution < -0.4 is 5.43 Å². The molecule has 5 heteroatoms. The summed E-state index contributed by atoms with van der Waals surface area (Å²) in [5.41, 5.74) is 2.41. The van der Waals surface area contributed by atoms with Crippen molar-refractivity contribution in [3.05, 3.63) is 0 Å². The third-order valence-electron chi connectivity index (χ3n) is 2.81. The second-order valence-corrected chi connectivity index (χ2v) is 4.93. The molecule has 1 aliphatic rings. The maximum atomic E-state index is 12.7. The van der Waals surface area contributed by atoms with E-state index >= 15 is 0 Å². The van der Waals surface area contributed by atoms with Crippen LogP contribution in [0.3, 0.4) is 0 Å². The van der Waals surface area contributed by atoms with Gasteiger partial charge in [0.05, 0.1) is 0 Å². The Kier molecular flexibility index (Phi) is 2.84. The molecule has 1 fully saturated rings. The molecule has 0 aromatic carbocycles. The number of halogens is 3. The maximum absolute atomic E-state index is 12.7. The summed E-state index contributed by atoms with van der Waals surface area (Å²) in [4.78, 5) is 0. The number of nitrogens with one attached hydrogen (secondary N) is 1. The highest BCUT2D eigenvalue weighted by Crippen LogP contribution is 2.40. The fourth-order valence-electron chi connectivity index (χ4n) is 1.95. The zero-order valence-corrected chi connectivity index (χ0v) is 8.94. The normalized spacial score (nSPS) is 31.1. The van der Waals surface area contributed by atoms with Gasteiger partial charge in [0.2, 0.25) is 0 Å². The predicted molar refractivity (Wildman–Crippen MR) is 48.6 cm³/mol. The summed E-state index contributed by atoms with van der Waals surface area (Å²) in [6.45, 7) is 5.93. The summed E-state index contributed by atoms with van der Waals surface area (Å²) in [6, 6.07) is -1.37. The molecule has 1 N–H and O–H groups in total. The largest absolute Gasteiger partial charge is 0.405 e. The number of alkyl halides is 3. The van der Waals surface area contributed by atoms with Crippen LogP contribution >= 0.6 is 0 Å². The molecular weight excluding hydrogens is 193 g/mol. The third kappa shape index (κ3) is 2.20. The minimum absolute atomic E-state index is 0.335. The van der Waals surface area contributed by atoms with Gasteiger partial charge in [0.1, 0.15) is 6.04 Å². The van der Waals surface area contributed by atoms with Gasteiger partial charge in [-0.3, -0.25) is 5.43 Å². The molecule has 0 saturated carbocycles. The number of hydrogen-bond donors (Lipinski definition) is 1. The molecule has 0 aromatic rings. The van der Waals surface area contributed by atoms with E-state index in [0.717, 1.165) is 0 Å². The lowest BCUT2D eigenvalue weighted by Crippen LogP contribution is -2.47. The monoisotopic (exact) mass is 210 g/mol. The SMILES string of the molecule is CN1NCC(C(C)(C)C)C1C(F)(F)F. The van der Waals surface area contributed by atoms with Crippen LogP contribution in [0.1, 0.15) is 20.8 Å². The molecule has 2 atom stereocenters. The lowest BCUT2D eigenvalue weighted by molar-refractivity contribution is -0.192. The lowest BCUT2D eigenvalue weighted by Gasteiger charge is -2.34. The fourth-order valence-corrected chi connectivity index (χ4v) is 1.95. The van der Waals surface area contributed by atoms with Gasteiger partial charge in [0.25, 0.3) is 0 Å². The van der Waals surface area contributed by atoms with E-state index in [1.165, 1.54) is 12.1 Å². The molecule has 2 unspecified atom stereocenters. The van der Waals surface area contributed by atoms with Gasteiger partial charge >= 0.3 is 6.18 Å². The van der Waals surface area contributed by atoms with Crippen LogP contribution in [0.15, 0.2) is 0 Å². The van der Waals surface area contributed by atoms with Gasteiger partial charge in [-0.25, -0.2) is 5.01 Å². The van der Waals surface area contributed by atoms with Crippen LogP contribution in [-0.4, -0.2) is 30.8 Å². The molecule has 1 rings (SSSR count). The molecular formula is C9H17F3N2. The van der Waals surface area contributed by atoms with Crippen molar-refractivity contribution in [3.8, 4) is 0 Å². The number of hydrogen-bond acceptors (Lipinski definition) is 2. The van der Waals surface area contributed by atoms with E-state index in [2.05, 4.69) is 5.43 Å². The van der Waals surface area contributed by atoms with Crippen molar-refractivity contribution >= 4 is 0 Å². The van der Waals surface area contributed by atoms with Gasteiger partial charge in [-0.15, -0.1) is 0 Å². The van der Waals surface area contributed by atoms with Crippen LogP contribution in [0.25, 0.3) is 0 Å². The number of hydrazine groups is 1. The summed E-state index contributed by atoms with van der Waals surface area (Å²) in [7, 11) is 1.45. The van der Waals surface area contributed by atoms with Crippen molar-refractivity contribution in [3.63, 3.8) is 0 Å². The minimum Gasteiger partial charge on any atom is -0.255 e. The van der Waals surface area contributed by atoms with E-state index in [-0.39, 0.29) is 5.41 Å². The first-order chi connectivity index (χ1) is 6.14. The van der Waals surface area contributed by atoms with Gasteiger partial charge in [-0.1, -0.05) is 20.8 Å². The highest BCUT2D eigenvalue weighted by Gasteiger charge is 2.53. The summed E-state index contributed by atoms with van der Waals surface area (Å²) >= 11 is 0. The van der Waals surface area contributed by atoms with Crippen LogP contribution in [0.2, 0.25) is 0 Å². The van der Waals surface area contributed by atoms with E-state index in [9.17, 15) is 13.2 Å². The first-order valence-corrected chi connectivity index (χ1v) is 4.67. The number of rotatable bonds is 0. The lowest BCUT2D eigenvalue weighted by atomic mass is 9.77. The Morgan fingerprint density at radius 1 is 1.21 bits per heavy atom. The van der Waals surface area contributed by atoms with E-state index in [4.69, 9.17) is 0 Å². The molecule has 1 saturated heterocycles. The molecule has 0 amide bonds.